The molecule has 0 saturated carbocycles. The fourth-order valence-electron chi connectivity index (χ4n) is 2.92. The van der Waals surface area contributed by atoms with E-state index >= 15 is 0 Å². The van der Waals surface area contributed by atoms with Crippen molar-refractivity contribution in [3.05, 3.63) is 47.7 Å². The standard InChI is InChI=1S/C19H24N4O2/c1-14-6-11-18(21-20-14)25-17-5-4-12-23(13-17)19(24)15-7-9-16(10-8-15)22(2)3/h6-11,17H,4-5,12-13H2,1-3H3. The highest BCUT2D eigenvalue weighted by atomic mass is 16.5. The number of hydrogen-bond acceptors (Lipinski definition) is 5. The molecule has 25 heavy (non-hydrogen) atoms. The van der Waals surface area contributed by atoms with Gasteiger partial charge in [-0.05, 0) is 50.1 Å². The zero-order valence-corrected chi connectivity index (χ0v) is 15.0. The van der Waals surface area contributed by atoms with Gasteiger partial charge >= 0.3 is 0 Å². The second-order valence-electron chi connectivity index (χ2n) is 6.59. The third kappa shape index (κ3) is 4.26. The van der Waals surface area contributed by atoms with E-state index in [1.54, 1.807) is 0 Å². The maximum atomic E-state index is 12.8. The molecule has 1 aliphatic heterocycles. The van der Waals surface area contributed by atoms with E-state index in [2.05, 4.69) is 10.2 Å². The highest BCUT2D eigenvalue weighted by molar-refractivity contribution is 5.94. The maximum Gasteiger partial charge on any atom is 0.253 e. The van der Waals surface area contributed by atoms with Crippen LogP contribution in [0.15, 0.2) is 36.4 Å². The van der Waals surface area contributed by atoms with E-state index in [4.69, 9.17) is 4.74 Å². The minimum absolute atomic E-state index is 0.0456. The topological polar surface area (TPSA) is 58.6 Å². The van der Waals surface area contributed by atoms with Crippen LogP contribution in [0.3, 0.4) is 0 Å². The minimum Gasteiger partial charge on any atom is -0.471 e. The number of carbonyl (C=O) groups excluding carboxylic acids is 1. The lowest BCUT2D eigenvalue weighted by Crippen LogP contribution is -2.44. The Bertz CT molecular complexity index is 713. The van der Waals surface area contributed by atoms with Gasteiger partial charge in [0.2, 0.25) is 5.88 Å². The molecule has 0 spiro atoms. The lowest BCUT2D eigenvalue weighted by atomic mass is 10.1. The smallest absolute Gasteiger partial charge is 0.253 e. The largest absolute Gasteiger partial charge is 0.471 e. The number of carbonyl (C=O) groups is 1. The van der Waals surface area contributed by atoms with Crippen molar-refractivity contribution in [3.63, 3.8) is 0 Å². The molecule has 0 radical (unpaired) electrons. The Morgan fingerprint density at radius 1 is 1.16 bits per heavy atom. The highest BCUT2D eigenvalue weighted by Gasteiger charge is 2.26. The third-order valence-electron chi connectivity index (χ3n) is 4.36. The molecular formula is C19H24N4O2. The van der Waals surface area contributed by atoms with E-state index in [0.29, 0.717) is 18.0 Å². The minimum atomic E-state index is -0.0456. The first-order valence-corrected chi connectivity index (χ1v) is 8.56. The van der Waals surface area contributed by atoms with Gasteiger partial charge < -0.3 is 14.5 Å². The number of amides is 1. The maximum absolute atomic E-state index is 12.8. The van der Waals surface area contributed by atoms with Crippen molar-refractivity contribution in [1.29, 1.82) is 0 Å². The fourth-order valence-corrected chi connectivity index (χ4v) is 2.92. The summed E-state index contributed by atoms with van der Waals surface area (Å²) in [5.74, 6) is 0.564. The summed E-state index contributed by atoms with van der Waals surface area (Å²) in [5, 5.41) is 8.06. The lowest BCUT2D eigenvalue weighted by Gasteiger charge is -2.32. The number of aryl methyl sites for hydroxylation is 1. The summed E-state index contributed by atoms with van der Waals surface area (Å²) >= 11 is 0. The van der Waals surface area contributed by atoms with Gasteiger partial charge in [0, 0.05) is 38.0 Å². The van der Waals surface area contributed by atoms with Crippen molar-refractivity contribution in [3.8, 4) is 5.88 Å². The van der Waals surface area contributed by atoms with Crippen LogP contribution < -0.4 is 9.64 Å². The Kier molecular flexibility index (Phi) is 5.16. The van der Waals surface area contributed by atoms with E-state index in [9.17, 15) is 4.79 Å². The summed E-state index contributed by atoms with van der Waals surface area (Å²) < 4.78 is 5.90. The summed E-state index contributed by atoms with van der Waals surface area (Å²) in [6.07, 6.45) is 1.79. The molecule has 1 aromatic heterocycles. The predicted molar refractivity (Wildman–Crippen MR) is 97.1 cm³/mol. The van der Waals surface area contributed by atoms with Gasteiger partial charge in [-0.3, -0.25) is 4.79 Å². The first-order valence-electron chi connectivity index (χ1n) is 8.56. The molecule has 1 fully saturated rings. The van der Waals surface area contributed by atoms with Gasteiger partial charge in [-0.15, -0.1) is 5.10 Å². The third-order valence-corrected chi connectivity index (χ3v) is 4.36. The molecule has 6 heteroatoms. The molecule has 0 N–H and O–H groups in total. The number of piperidine rings is 1. The van der Waals surface area contributed by atoms with Crippen molar-refractivity contribution < 1.29 is 9.53 Å². The second kappa shape index (κ2) is 7.51. The quantitative estimate of drug-likeness (QED) is 0.856. The van der Waals surface area contributed by atoms with Gasteiger partial charge in [0.15, 0.2) is 0 Å². The van der Waals surface area contributed by atoms with Crippen molar-refractivity contribution in [2.24, 2.45) is 0 Å². The molecule has 2 aromatic rings. The molecule has 0 bridgehead atoms. The molecule has 1 unspecified atom stereocenters. The Morgan fingerprint density at radius 2 is 1.92 bits per heavy atom. The van der Waals surface area contributed by atoms with Crippen molar-refractivity contribution in [2.45, 2.75) is 25.9 Å². The molecule has 3 rings (SSSR count). The number of nitrogens with zero attached hydrogens (tertiary/aromatic N) is 4. The molecule has 6 nitrogen and oxygen atoms in total. The molecule has 1 aromatic carbocycles. The second-order valence-corrected chi connectivity index (χ2v) is 6.59. The Morgan fingerprint density at radius 3 is 2.56 bits per heavy atom. The zero-order chi connectivity index (χ0) is 17.8. The predicted octanol–water partition coefficient (Wildman–Crippen LogP) is 2.53. The highest BCUT2D eigenvalue weighted by Crippen LogP contribution is 2.19. The molecule has 0 aliphatic carbocycles. The Balaban J connectivity index is 1.63. The van der Waals surface area contributed by atoms with Gasteiger partial charge in [0.1, 0.15) is 6.10 Å². The summed E-state index contributed by atoms with van der Waals surface area (Å²) in [6.45, 7) is 3.22. The number of likely N-dealkylation sites (tertiary alicyclic amines) is 1. The summed E-state index contributed by atoms with van der Waals surface area (Å²) in [7, 11) is 3.97. The van der Waals surface area contributed by atoms with Crippen LogP contribution in [0.25, 0.3) is 0 Å². The molecule has 1 amide bonds. The average molecular weight is 340 g/mol. The van der Waals surface area contributed by atoms with Crippen LogP contribution in [0.4, 0.5) is 5.69 Å². The average Bonchev–Trinajstić information content (AvgIpc) is 2.63. The van der Waals surface area contributed by atoms with Crippen LogP contribution in [-0.4, -0.2) is 54.3 Å². The number of ether oxygens (including phenoxy) is 1. The van der Waals surface area contributed by atoms with Crippen LogP contribution in [0, 0.1) is 6.92 Å². The Labute approximate surface area is 148 Å². The van der Waals surface area contributed by atoms with Gasteiger partial charge in [-0.25, -0.2) is 0 Å². The first-order chi connectivity index (χ1) is 12.0. The van der Waals surface area contributed by atoms with Gasteiger partial charge in [0.05, 0.1) is 12.2 Å². The van der Waals surface area contributed by atoms with E-state index < -0.39 is 0 Å². The molecule has 1 saturated heterocycles. The van der Waals surface area contributed by atoms with Gasteiger partial charge in [0.25, 0.3) is 5.91 Å². The van der Waals surface area contributed by atoms with Crippen molar-refractivity contribution >= 4 is 11.6 Å². The number of aromatic nitrogens is 2. The van der Waals surface area contributed by atoms with Crippen LogP contribution >= 0.6 is 0 Å². The lowest BCUT2D eigenvalue weighted by molar-refractivity contribution is 0.0525. The number of anilines is 1. The van der Waals surface area contributed by atoms with E-state index in [-0.39, 0.29) is 12.0 Å². The molecule has 132 valence electrons. The molecule has 2 heterocycles. The zero-order valence-electron chi connectivity index (χ0n) is 15.0. The summed E-state index contributed by atoms with van der Waals surface area (Å²) in [6, 6.07) is 11.4. The van der Waals surface area contributed by atoms with Crippen LogP contribution in [0.1, 0.15) is 28.9 Å². The SMILES string of the molecule is Cc1ccc(OC2CCCN(C(=O)c3ccc(N(C)C)cc3)C2)nn1. The van der Waals surface area contributed by atoms with Gasteiger partial charge in [-0.1, -0.05) is 0 Å². The monoisotopic (exact) mass is 340 g/mol. The summed E-state index contributed by atoms with van der Waals surface area (Å²) in [4.78, 5) is 16.6. The molecule has 1 atom stereocenters. The van der Waals surface area contributed by atoms with Crippen LogP contribution in [0.5, 0.6) is 5.88 Å². The molecule has 1 aliphatic rings. The molecular weight excluding hydrogens is 316 g/mol. The number of hydrogen-bond donors (Lipinski definition) is 0. The van der Waals surface area contributed by atoms with E-state index in [0.717, 1.165) is 30.8 Å². The van der Waals surface area contributed by atoms with Crippen LogP contribution in [-0.2, 0) is 0 Å². The Hall–Kier alpha value is -2.63. The van der Waals surface area contributed by atoms with E-state index in [1.807, 2.05) is 67.2 Å². The normalized spacial score (nSPS) is 17.2. The number of benzene rings is 1. The number of rotatable bonds is 4. The van der Waals surface area contributed by atoms with E-state index in [1.165, 1.54) is 0 Å². The fraction of sp³-hybridized carbons (Fsp3) is 0.421. The van der Waals surface area contributed by atoms with Crippen LogP contribution in [0.2, 0.25) is 0 Å². The first kappa shape index (κ1) is 17.2. The van der Waals surface area contributed by atoms with Gasteiger partial charge in [-0.2, -0.15) is 5.10 Å². The van der Waals surface area contributed by atoms with Crippen molar-refractivity contribution in [2.75, 3.05) is 32.1 Å². The summed E-state index contributed by atoms with van der Waals surface area (Å²) in [5.41, 5.74) is 2.64. The van der Waals surface area contributed by atoms with Crippen molar-refractivity contribution in [1.82, 2.24) is 15.1 Å².